The Kier molecular flexibility index (Phi) is 11.6. The molecule has 0 saturated carbocycles. The van der Waals surface area contributed by atoms with Crippen molar-refractivity contribution in [3.8, 4) is 22.3 Å². The lowest BCUT2D eigenvalue weighted by atomic mass is 9.77. The molecular weight excluding hydrogens is 627 g/mol. The maximum atomic E-state index is 8.76. The van der Waals surface area contributed by atoms with E-state index in [1.165, 1.54) is 27.8 Å². The van der Waals surface area contributed by atoms with Crippen LogP contribution in [0.3, 0.4) is 0 Å². The molecule has 5 aromatic rings. The van der Waals surface area contributed by atoms with Crippen LogP contribution >= 0.6 is 31.9 Å². The molecule has 0 amide bonds. The highest BCUT2D eigenvalue weighted by Gasteiger charge is 2.11. The lowest BCUT2D eigenvalue weighted by Crippen LogP contribution is -2.31. The zero-order valence-electron chi connectivity index (χ0n) is 22.8. The maximum Gasteiger partial charge on any atom is 0.488 e. The van der Waals surface area contributed by atoms with Crippen molar-refractivity contribution in [2.45, 2.75) is 20.8 Å². The molecular formula is C33H33BBr2N2O2. The van der Waals surface area contributed by atoms with E-state index in [2.05, 4.69) is 106 Å². The quantitative estimate of drug-likeness (QED) is 0.118. The molecule has 0 aromatic heterocycles. The highest BCUT2D eigenvalue weighted by molar-refractivity contribution is 9.11. The summed E-state index contributed by atoms with van der Waals surface area (Å²) in [5, 5.41) is 17.5. The number of nitrogen functional groups attached to an aromatic ring is 2. The number of benzene rings is 5. The van der Waals surface area contributed by atoms with Crippen molar-refractivity contribution in [2.75, 3.05) is 11.5 Å². The van der Waals surface area contributed by atoms with Crippen molar-refractivity contribution in [1.82, 2.24) is 0 Å². The average Bonchev–Trinajstić information content (AvgIpc) is 2.93. The van der Waals surface area contributed by atoms with Gasteiger partial charge in [-0.05, 0) is 100 Å². The van der Waals surface area contributed by atoms with Gasteiger partial charge >= 0.3 is 7.12 Å². The van der Waals surface area contributed by atoms with Gasteiger partial charge in [0.05, 0.1) is 0 Å². The second-order valence-electron chi connectivity index (χ2n) is 9.33. The van der Waals surface area contributed by atoms with Crippen LogP contribution in [0.5, 0.6) is 0 Å². The van der Waals surface area contributed by atoms with Crippen LogP contribution in [0.2, 0.25) is 0 Å². The zero-order valence-corrected chi connectivity index (χ0v) is 25.9. The number of aryl methyl sites for hydroxylation is 3. The fraction of sp³-hybridized carbons (Fsp3) is 0.0909. The van der Waals surface area contributed by atoms with E-state index in [0.29, 0.717) is 5.46 Å². The van der Waals surface area contributed by atoms with Crippen LogP contribution in [0, 0.1) is 20.8 Å². The molecule has 5 rings (SSSR count). The van der Waals surface area contributed by atoms with Crippen molar-refractivity contribution in [3.63, 3.8) is 0 Å². The molecule has 5 aromatic carbocycles. The number of hydrogen-bond acceptors (Lipinski definition) is 4. The number of halogens is 2. The van der Waals surface area contributed by atoms with Crippen LogP contribution in [0.25, 0.3) is 22.3 Å². The normalized spacial score (nSPS) is 10.1. The SMILES string of the molecule is Cc1ccccc1-c1ccc(N)c(-c2ccccc2C)c1.Cc1ccccc1B(O)O.Nc1ccc(Br)cc1Br. The Balaban J connectivity index is 0.000000193. The van der Waals surface area contributed by atoms with E-state index >= 15 is 0 Å². The minimum Gasteiger partial charge on any atom is -0.423 e. The number of rotatable bonds is 3. The highest BCUT2D eigenvalue weighted by Crippen LogP contribution is 2.33. The molecule has 0 spiro atoms. The third-order valence-corrected chi connectivity index (χ3v) is 7.55. The number of hydrogen-bond donors (Lipinski definition) is 4. The molecule has 0 saturated heterocycles. The molecule has 0 atom stereocenters. The summed E-state index contributed by atoms with van der Waals surface area (Å²) in [7, 11) is -1.35. The Bertz CT molecular complexity index is 1570. The average molecular weight is 660 g/mol. The molecule has 0 bridgehead atoms. The Morgan fingerprint density at radius 3 is 1.57 bits per heavy atom. The molecule has 0 radical (unpaired) electrons. The molecule has 204 valence electrons. The summed E-state index contributed by atoms with van der Waals surface area (Å²) >= 11 is 6.60. The standard InChI is InChI=1S/C20H19N.C7H9BO2.C6H5Br2N/c1-14-7-3-5-9-17(14)16-11-12-20(21)19(13-16)18-10-6-4-8-15(18)2;1-6-4-2-3-5-7(6)8(9)10;7-4-1-2-6(9)5(8)3-4/h3-13H,21H2,1-2H3;2-5,9-10H,1H3;1-3H,9H2. The largest absolute Gasteiger partial charge is 0.488 e. The van der Waals surface area contributed by atoms with Crippen molar-refractivity contribution in [3.05, 3.63) is 135 Å². The van der Waals surface area contributed by atoms with Crippen LogP contribution < -0.4 is 16.9 Å². The monoisotopic (exact) mass is 658 g/mol. The summed E-state index contributed by atoms with van der Waals surface area (Å²) in [5.41, 5.74) is 22.1. The van der Waals surface area contributed by atoms with E-state index in [4.69, 9.17) is 21.5 Å². The van der Waals surface area contributed by atoms with Gasteiger partial charge in [-0.1, -0.05) is 100 Å². The van der Waals surface area contributed by atoms with E-state index in [-0.39, 0.29) is 0 Å². The van der Waals surface area contributed by atoms with Crippen molar-refractivity contribution < 1.29 is 10.0 Å². The van der Waals surface area contributed by atoms with E-state index in [0.717, 1.165) is 31.4 Å². The van der Waals surface area contributed by atoms with Gasteiger partial charge in [-0.15, -0.1) is 0 Å². The summed E-state index contributed by atoms with van der Waals surface area (Å²) in [5.74, 6) is 0. The molecule has 0 heterocycles. The van der Waals surface area contributed by atoms with Gasteiger partial charge in [-0.2, -0.15) is 0 Å². The minimum absolute atomic E-state index is 0.572. The Labute approximate surface area is 254 Å². The third kappa shape index (κ3) is 8.57. The predicted molar refractivity (Wildman–Crippen MR) is 178 cm³/mol. The van der Waals surface area contributed by atoms with Gasteiger partial charge < -0.3 is 21.5 Å². The van der Waals surface area contributed by atoms with E-state index < -0.39 is 7.12 Å². The second kappa shape index (κ2) is 14.9. The summed E-state index contributed by atoms with van der Waals surface area (Å²) in [6.45, 7) is 6.10. The molecule has 0 aliphatic heterocycles. The molecule has 6 N–H and O–H groups in total. The summed E-state index contributed by atoms with van der Waals surface area (Å²) in [6.07, 6.45) is 0. The number of nitrogens with two attached hydrogens (primary N) is 2. The predicted octanol–water partition coefficient (Wildman–Crippen LogP) is 7.69. The Hall–Kier alpha value is -3.36. The first kappa shape index (κ1) is 31.2. The van der Waals surface area contributed by atoms with Crippen LogP contribution in [0.15, 0.2) is 118 Å². The molecule has 40 heavy (non-hydrogen) atoms. The number of anilines is 2. The summed E-state index contributed by atoms with van der Waals surface area (Å²) < 4.78 is 1.96. The van der Waals surface area contributed by atoms with Crippen LogP contribution in [0.4, 0.5) is 11.4 Å². The summed E-state index contributed by atoms with van der Waals surface area (Å²) in [6, 6.07) is 35.9. The van der Waals surface area contributed by atoms with Crippen molar-refractivity contribution >= 4 is 55.8 Å². The van der Waals surface area contributed by atoms with Crippen LogP contribution in [-0.2, 0) is 0 Å². The minimum atomic E-state index is -1.35. The zero-order chi connectivity index (χ0) is 29.2. The van der Waals surface area contributed by atoms with Gasteiger partial charge in [0.15, 0.2) is 0 Å². The van der Waals surface area contributed by atoms with Crippen molar-refractivity contribution in [2.24, 2.45) is 0 Å². The van der Waals surface area contributed by atoms with Gasteiger partial charge in [-0.25, -0.2) is 0 Å². The molecule has 0 fully saturated rings. The molecule has 0 aliphatic rings. The Morgan fingerprint density at radius 2 is 1.07 bits per heavy atom. The highest BCUT2D eigenvalue weighted by atomic mass is 79.9. The fourth-order valence-corrected chi connectivity index (χ4v) is 5.15. The maximum absolute atomic E-state index is 8.76. The first-order valence-corrected chi connectivity index (χ1v) is 14.3. The van der Waals surface area contributed by atoms with Crippen LogP contribution in [-0.4, -0.2) is 17.2 Å². The molecule has 0 unspecified atom stereocenters. The van der Waals surface area contributed by atoms with E-state index in [9.17, 15) is 0 Å². The van der Waals surface area contributed by atoms with Gasteiger partial charge in [0.1, 0.15) is 0 Å². The lowest BCUT2D eigenvalue weighted by molar-refractivity contribution is 0.425. The first-order chi connectivity index (χ1) is 19.1. The topological polar surface area (TPSA) is 92.5 Å². The van der Waals surface area contributed by atoms with Gasteiger partial charge in [0.2, 0.25) is 0 Å². The lowest BCUT2D eigenvalue weighted by Gasteiger charge is -2.12. The van der Waals surface area contributed by atoms with Gasteiger partial charge in [0.25, 0.3) is 0 Å². The van der Waals surface area contributed by atoms with Crippen molar-refractivity contribution in [1.29, 1.82) is 0 Å². The molecule has 0 aliphatic carbocycles. The molecule has 4 nitrogen and oxygen atoms in total. The fourth-order valence-electron chi connectivity index (χ4n) is 4.11. The molecule has 7 heteroatoms. The smallest absolute Gasteiger partial charge is 0.423 e. The van der Waals surface area contributed by atoms with Gasteiger partial charge in [0, 0.05) is 25.9 Å². The summed E-state index contributed by atoms with van der Waals surface area (Å²) in [4.78, 5) is 0. The van der Waals surface area contributed by atoms with Gasteiger partial charge in [-0.3, -0.25) is 0 Å². The first-order valence-electron chi connectivity index (χ1n) is 12.7. The third-order valence-electron chi connectivity index (χ3n) is 6.37. The Morgan fingerprint density at radius 1 is 0.550 bits per heavy atom. The van der Waals surface area contributed by atoms with Crippen LogP contribution in [0.1, 0.15) is 16.7 Å². The van der Waals surface area contributed by atoms with E-state index in [1.807, 2.05) is 43.3 Å². The second-order valence-corrected chi connectivity index (χ2v) is 11.1. The van der Waals surface area contributed by atoms with E-state index in [1.54, 1.807) is 12.1 Å².